The number of hydrogen-bond acceptors (Lipinski definition) is 10. The van der Waals surface area contributed by atoms with Crippen LogP contribution in [0.15, 0.2) is 109 Å². The van der Waals surface area contributed by atoms with Gasteiger partial charge in [0.05, 0.1) is 19.8 Å². The van der Waals surface area contributed by atoms with E-state index in [0.29, 0.717) is 25.7 Å². The van der Waals surface area contributed by atoms with E-state index in [-0.39, 0.29) is 25.9 Å². The van der Waals surface area contributed by atoms with E-state index >= 15 is 0 Å². The zero-order valence-electron chi connectivity index (χ0n) is 42.3. The molecular formula is C56H91O11P. The van der Waals surface area contributed by atoms with Crippen LogP contribution in [-0.4, -0.2) is 66.5 Å². The number of aliphatic hydroxyl groups is 1. The molecule has 0 bridgehead atoms. The Balaban J connectivity index is 4.90. The molecule has 0 aliphatic rings. The van der Waals surface area contributed by atoms with Gasteiger partial charge in [0.2, 0.25) is 0 Å². The van der Waals surface area contributed by atoms with Crippen LogP contribution in [0.5, 0.6) is 0 Å². The van der Waals surface area contributed by atoms with E-state index in [4.69, 9.17) is 23.3 Å². The molecule has 0 aromatic heterocycles. The van der Waals surface area contributed by atoms with Crippen molar-refractivity contribution in [1.82, 2.24) is 0 Å². The fourth-order valence-electron chi connectivity index (χ4n) is 6.34. The molecule has 11 nitrogen and oxygen atoms in total. The largest absolute Gasteiger partial charge is 0.472 e. The van der Waals surface area contributed by atoms with Crippen LogP contribution in [0.2, 0.25) is 0 Å². The third kappa shape index (κ3) is 47.2. The number of rotatable bonds is 46. The second kappa shape index (κ2) is 49.6. The van der Waals surface area contributed by atoms with Gasteiger partial charge in [0.25, 0.3) is 0 Å². The number of ether oxygens (including phenoxy) is 3. The minimum atomic E-state index is -4.78. The van der Waals surface area contributed by atoms with E-state index in [0.717, 1.165) is 77.0 Å². The molecule has 0 aromatic carbocycles. The van der Waals surface area contributed by atoms with Crippen LogP contribution in [0, 0.1) is 0 Å². The van der Waals surface area contributed by atoms with Gasteiger partial charge < -0.3 is 24.2 Å². The Morgan fingerprint density at radius 1 is 0.426 bits per heavy atom. The van der Waals surface area contributed by atoms with Gasteiger partial charge in [-0.15, -0.1) is 0 Å². The van der Waals surface area contributed by atoms with Gasteiger partial charge in [0.1, 0.15) is 12.7 Å². The Morgan fingerprint density at radius 3 is 1.25 bits per heavy atom. The zero-order chi connectivity index (χ0) is 49.9. The molecular weight excluding hydrogens is 880 g/mol. The summed E-state index contributed by atoms with van der Waals surface area (Å²) < 4.78 is 39.2. The molecule has 0 aliphatic heterocycles. The van der Waals surface area contributed by atoms with Crippen molar-refractivity contribution < 1.29 is 52.2 Å². The highest BCUT2D eigenvalue weighted by atomic mass is 31.2. The van der Waals surface area contributed by atoms with E-state index in [1.54, 1.807) is 0 Å². The summed E-state index contributed by atoms with van der Waals surface area (Å²) in [5.41, 5.74) is 0. The van der Waals surface area contributed by atoms with Crippen LogP contribution in [0.1, 0.15) is 188 Å². The van der Waals surface area contributed by atoms with Crippen LogP contribution >= 0.6 is 7.82 Å². The maximum absolute atomic E-state index is 12.8. The predicted molar refractivity (Wildman–Crippen MR) is 279 cm³/mol. The molecule has 0 saturated heterocycles. The van der Waals surface area contributed by atoms with Gasteiger partial charge in [-0.25, -0.2) is 4.57 Å². The van der Waals surface area contributed by atoms with Gasteiger partial charge in [0, 0.05) is 19.3 Å². The first kappa shape index (κ1) is 64.1. The second-order valence-corrected chi connectivity index (χ2v) is 18.0. The van der Waals surface area contributed by atoms with E-state index in [9.17, 15) is 28.9 Å². The molecule has 3 atom stereocenters. The number of allylic oxidation sites excluding steroid dienone is 18. The van der Waals surface area contributed by atoms with Crippen LogP contribution in [0.3, 0.4) is 0 Å². The average molecular weight is 971 g/mol. The average Bonchev–Trinajstić information content (AvgIpc) is 3.32. The van der Waals surface area contributed by atoms with Gasteiger partial charge in [-0.1, -0.05) is 194 Å². The van der Waals surface area contributed by atoms with Crippen molar-refractivity contribution in [2.75, 3.05) is 26.4 Å². The first-order valence-corrected chi connectivity index (χ1v) is 27.3. The molecule has 12 heteroatoms. The van der Waals surface area contributed by atoms with Gasteiger partial charge in [-0.3, -0.25) is 23.4 Å². The lowest BCUT2D eigenvalue weighted by molar-refractivity contribution is -0.161. The third-order valence-electron chi connectivity index (χ3n) is 10.2. The second-order valence-electron chi connectivity index (χ2n) is 16.6. The topological polar surface area (TPSA) is 155 Å². The SMILES string of the molecule is CC/C=C\C/C=C\C/C=C\C/C=C\C/C=C\CCCC(=O)OC(COC(=O)CCCCCCCCCCCCC)COP(=O)(O)OCC(CO)OC(=O)CC/C=C\C/C=C\C/C=C\C/C=C\CC. The summed E-state index contributed by atoms with van der Waals surface area (Å²) in [6.07, 6.45) is 58.0. The summed E-state index contributed by atoms with van der Waals surface area (Å²) in [6.45, 7) is 4.22. The molecule has 0 heterocycles. The summed E-state index contributed by atoms with van der Waals surface area (Å²) in [4.78, 5) is 48.2. The molecule has 0 saturated carbocycles. The molecule has 0 radical (unpaired) electrons. The van der Waals surface area contributed by atoms with E-state index < -0.39 is 57.8 Å². The summed E-state index contributed by atoms with van der Waals surface area (Å²) in [6, 6.07) is 0. The lowest BCUT2D eigenvalue weighted by Gasteiger charge is -2.21. The number of unbranched alkanes of at least 4 members (excludes halogenated alkanes) is 11. The minimum absolute atomic E-state index is 0.0470. The lowest BCUT2D eigenvalue weighted by Crippen LogP contribution is -2.30. The molecule has 0 spiro atoms. The summed E-state index contributed by atoms with van der Waals surface area (Å²) in [5.74, 6) is -1.64. The maximum Gasteiger partial charge on any atom is 0.472 e. The quantitative estimate of drug-likeness (QED) is 0.0197. The van der Waals surface area contributed by atoms with Gasteiger partial charge >= 0.3 is 25.7 Å². The smallest absolute Gasteiger partial charge is 0.462 e. The number of phosphoric ester groups is 1. The van der Waals surface area contributed by atoms with Crippen molar-refractivity contribution >= 4 is 25.7 Å². The lowest BCUT2D eigenvalue weighted by atomic mass is 10.1. The number of carbonyl (C=O) groups is 3. The zero-order valence-corrected chi connectivity index (χ0v) is 43.2. The van der Waals surface area contributed by atoms with Crippen molar-refractivity contribution in [1.29, 1.82) is 0 Å². The molecule has 68 heavy (non-hydrogen) atoms. The Hall–Kier alpha value is -3.86. The molecule has 0 aromatic rings. The van der Waals surface area contributed by atoms with Gasteiger partial charge in [-0.05, 0) is 83.5 Å². The summed E-state index contributed by atoms with van der Waals surface area (Å²) in [5, 5.41) is 9.75. The third-order valence-corrected chi connectivity index (χ3v) is 11.2. The monoisotopic (exact) mass is 971 g/mol. The first-order chi connectivity index (χ1) is 33.2. The Kier molecular flexibility index (Phi) is 46.7. The molecule has 0 amide bonds. The van der Waals surface area contributed by atoms with E-state index in [2.05, 4.69) is 99.8 Å². The normalized spacial score (nSPS) is 14.4. The number of esters is 3. The molecule has 0 rings (SSSR count). The van der Waals surface area contributed by atoms with Crippen molar-refractivity contribution in [2.24, 2.45) is 0 Å². The van der Waals surface area contributed by atoms with Crippen molar-refractivity contribution in [3.05, 3.63) is 109 Å². The fraction of sp³-hybridized carbons (Fsp3) is 0.625. The summed E-state index contributed by atoms with van der Waals surface area (Å²) >= 11 is 0. The maximum atomic E-state index is 12.8. The van der Waals surface area contributed by atoms with Gasteiger partial charge in [-0.2, -0.15) is 0 Å². The number of aliphatic hydroxyl groups excluding tert-OH is 1. The summed E-state index contributed by atoms with van der Waals surface area (Å²) in [7, 11) is -4.78. The number of hydrogen-bond donors (Lipinski definition) is 2. The minimum Gasteiger partial charge on any atom is -0.462 e. The fourth-order valence-corrected chi connectivity index (χ4v) is 7.13. The molecule has 3 unspecified atom stereocenters. The van der Waals surface area contributed by atoms with Crippen LogP contribution < -0.4 is 0 Å². The molecule has 2 N–H and O–H groups in total. The standard InChI is InChI=1S/C56H91O11P/c1-4-7-10-13-16-19-22-24-25-26-27-29-32-35-38-41-44-47-56(60)67-53(49-63-54(58)45-42-39-36-33-30-21-18-15-12-9-6-3)51-65-68(61,62)64-50-52(48-57)66-55(59)46-43-40-37-34-31-28-23-20-17-14-11-8-5-2/h7-8,10-11,16-17,19-20,24-25,27-29,31,35,37-38,40,52-53,57H,4-6,9,12-15,18,21-23,26,30,32-34,36,39,41-51H2,1-3H3,(H,61,62)/b10-7-,11-8-,19-16-,20-17-,25-24-,29-27-,31-28-,38-35-,40-37-. The van der Waals surface area contributed by atoms with Crippen LogP contribution in [0.25, 0.3) is 0 Å². The number of phosphoric acid groups is 1. The Labute approximate surface area is 412 Å². The molecule has 386 valence electrons. The van der Waals surface area contributed by atoms with E-state index in [1.165, 1.54) is 44.9 Å². The van der Waals surface area contributed by atoms with Crippen LogP contribution in [-0.2, 0) is 42.2 Å². The van der Waals surface area contributed by atoms with Crippen LogP contribution in [0.4, 0.5) is 0 Å². The highest BCUT2D eigenvalue weighted by Gasteiger charge is 2.28. The highest BCUT2D eigenvalue weighted by molar-refractivity contribution is 7.47. The highest BCUT2D eigenvalue weighted by Crippen LogP contribution is 2.43. The molecule has 0 aliphatic carbocycles. The van der Waals surface area contributed by atoms with E-state index in [1.807, 2.05) is 30.4 Å². The Morgan fingerprint density at radius 2 is 0.794 bits per heavy atom. The number of carbonyl (C=O) groups excluding carboxylic acids is 3. The Bertz CT molecular complexity index is 1550. The molecule has 0 fully saturated rings. The van der Waals surface area contributed by atoms with Crippen molar-refractivity contribution in [2.45, 2.75) is 200 Å². The first-order valence-electron chi connectivity index (χ1n) is 25.8. The predicted octanol–water partition coefficient (Wildman–Crippen LogP) is 14.7. The van der Waals surface area contributed by atoms with Gasteiger partial charge in [0.15, 0.2) is 6.10 Å². The van der Waals surface area contributed by atoms with Crippen molar-refractivity contribution in [3.63, 3.8) is 0 Å². The van der Waals surface area contributed by atoms with Crippen molar-refractivity contribution in [3.8, 4) is 0 Å².